The summed E-state index contributed by atoms with van der Waals surface area (Å²) < 4.78 is 3.67. The van der Waals surface area contributed by atoms with E-state index >= 15 is 0 Å². The number of benzene rings is 2. The summed E-state index contributed by atoms with van der Waals surface area (Å²) >= 11 is 6.04. The second-order valence-electron chi connectivity index (χ2n) is 6.98. The number of nitrogens with zero attached hydrogens (tertiary/aromatic N) is 6. The molecule has 9 nitrogen and oxygen atoms in total. The van der Waals surface area contributed by atoms with Crippen molar-refractivity contribution >= 4 is 28.5 Å². The number of carboxylic acid groups (broad SMARTS) is 1. The van der Waals surface area contributed by atoms with E-state index in [0.29, 0.717) is 18.2 Å². The van der Waals surface area contributed by atoms with E-state index in [1.54, 1.807) is 11.5 Å². The number of aryl methyl sites for hydroxylation is 1. The number of hydrogen-bond acceptors (Lipinski definition) is 5. The Labute approximate surface area is 180 Å². The molecule has 2 N–H and O–H groups in total. The first-order chi connectivity index (χ1) is 15.0. The van der Waals surface area contributed by atoms with E-state index in [4.69, 9.17) is 11.6 Å². The molecular formula is C21H16ClN7O2. The van der Waals surface area contributed by atoms with Crippen LogP contribution in [0.15, 0.2) is 54.7 Å². The van der Waals surface area contributed by atoms with Crippen molar-refractivity contribution in [3.05, 3.63) is 77.0 Å². The first-order valence-electron chi connectivity index (χ1n) is 9.42. The number of para-hydroxylation sites is 1. The molecule has 0 aliphatic rings. The van der Waals surface area contributed by atoms with Gasteiger partial charge >= 0.3 is 5.97 Å². The van der Waals surface area contributed by atoms with Crippen LogP contribution in [0.2, 0.25) is 5.15 Å². The molecule has 10 heteroatoms. The van der Waals surface area contributed by atoms with Crippen molar-refractivity contribution < 1.29 is 9.90 Å². The van der Waals surface area contributed by atoms with Gasteiger partial charge in [-0.25, -0.2) is 9.78 Å². The molecule has 3 heterocycles. The number of carboxylic acids is 1. The van der Waals surface area contributed by atoms with Crippen LogP contribution in [-0.4, -0.2) is 45.8 Å². The Morgan fingerprint density at radius 1 is 1.16 bits per heavy atom. The third-order valence-electron chi connectivity index (χ3n) is 5.22. The minimum absolute atomic E-state index is 0.0104. The number of rotatable bonds is 5. The van der Waals surface area contributed by atoms with Crippen molar-refractivity contribution in [3.63, 3.8) is 0 Å². The molecule has 154 valence electrons. The van der Waals surface area contributed by atoms with Gasteiger partial charge in [0.2, 0.25) is 5.82 Å². The lowest BCUT2D eigenvalue weighted by molar-refractivity contribution is 0.0685. The lowest BCUT2D eigenvalue weighted by Crippen LogP contribution is -2.11. The van der Waals surface area contributed by atoms with Crippen LogP contribution < -0.4 is 0 Å². The largest absolute Gasteiger partial charge is 0.476 e. The molecule has 0 bridgehead atoms. The average molecular weight is 434 g/mol. The quantitative estimate of drug-likeness (QED) is 0.436. The molecule has 0 aliphatic carbocycles. The number of aromatic amines is 1. The van der Waals surface area contributed by atoms with Crippen molar-refractivity contribution in [1.82, 2.24) is 34.7 Å². The molecule has 31 heavy (non-hydrogen) atoms. The van der Waals surface area contributed by atoms with E-state index in [0.717, 1.165) is 27.7 Å². The SMILES string of the molecule is Cc1nc(Cl)c(C(=O)O)n1Cc1cccc2c1ccn2-c1ccccc1-c1nn[nH]n1. The molecule has 0 amide bonds. The monoisotopic (exact) mass is 433 g/mol. The van der Waals surface area contributed by atoms with E-state index in [1.807, 2.05) is 54.7 Å². The second-order valence-corrected chi connectivity index (χ2v) is 7.34. The van der Waals surface area contributed by atoms with Gasteiger partial charge in [-0.15, -0.1) is 10.2 Å². The van der Waals surface area contributed by atoms with E-state index in [-0.39, 0.29) is 10.8 Å². The predicted octanol–water partition coefficient (Wildman–Crippen LogP) is 3.72. The van der Waals surface area contributed by atoms with E-state index < -0.39 is 5.97 Å². The lowest BCUT2D eigenvalue weighted by atomic mass is 10.1. The maximum Gasteiger partial charge on any atom is 0.355 e. The molecule has 0 saturated carbocycles. The fourth-order valence-corrected chi connectivity index (χ4v) is 4.13. The fourth-order valence-electron chi connectivity index (χ4n) is 3.82. The highest BCUT2D eigenvalue weighted by Crippen LogP contribution is 2.30. The molecule has 0 radical (unpaired) electrons. The van der Waals surface area contributed by atoms with E-state index in [2.05, 4.69) is 30.2 Å². The Morgan fingerprint density at radius 3 is 2.77 bits per heavy atom. The molecule has 5 aromatic rings. The maximum absolute atomic E-state index is 11.7. The van der Waals surface area contributed by atoms with Crippen LogP contribution in [0.4, 0.5) is 0 Å². The zero-order valence-electron chi connectivity index (χ0n) is 16.3. The fraction of sp³-hybridized carbons (Fsp3) is 0.0952. The van der Waals surface area contributed by atoms with Gasteiger partial charge in [0.1, 0.15) is 5.82 Å². The van der Waals surface area contributed by atoms with Gasteiger partial charge in [-0.2, -0.15) is 5.21 Å². The summed E-state index contributed by atoms with van der Waals surface area (Å²) in [5, 5.41) is 24.9. The molecule has 0 spiro atoms. The molecule has 0 unspecified atom stereocenters. The van der Waals surface area contributed by atoms with Gasteiger partial charge in [-0.3, -0.25) is 0 Å². The topological polar surface area (TPSA) is 115 Å². The molecule has 2 aromatic carbocycles. The Hall–Kier alpha value is -3.98. The number of hydrogen-bond donors (Lipinski definition) is 2. The Kier molecular flexibility index (Phi) is 4.52. The highest BCUT2D eigenvalue weighted by atomic mass is 35.5. The van der Waals surface area contributed by atoms with Gasteiger partial charge in [-0.1, -0.05) is 35.9 Å². The van der Waals surface area contributed by atoms with Crippen LogP contribution in [0.1, 0.15) is 21.9 Å². The van der Waals surface area contributed by atoms with Crippen molar-refractivity contribution in [3.8, 4) is 17.1 Å². The van der Waals surface area contributed by atoms with Crippen molar-refractivity contribution in [2.75, 3.05) is 0 Å². The van der Waals surface area contributed by atoms with Crippen LogP contribution in [-0.2, 0) is 6.54 Å². The first kappa shape index (κ1) is 19.0. The lowest BCUT2D eigenvalue weighted by Gasteiger charge is -2.12. The molecule has 0 saturated heterocycles. The zero-order chi connectivity index (χ0) is 21.5. The number of carbonyl (C=O) groups is 1. The van der Waals surface area contributed by atoms with Gasteiger partial charge in [0.05, 0.1) is 17.7 Å². The Bertz CT molecular complexity index is 1420. The number of halogens is 1. The molecule has 5 rings (SSSR count). The van der Waals surface area contributed by atoms with E-state index in [9.17, 15) is 9.90 Å². The number of tetrazole rings is 1. The predicted molar refractivity (Wildman–Crippen MR) is 114 cm³/mol. The summed E-state index contributed by atoms with van der Waals surface area (Å²) in [6, 6.07) is 15.7. The highest BCUT2D eigenvalue weighted by molar-refractivity contribution is 6.32. The highest BCUT2D eigenvalue weighted by Gasteiger charge is 2.21. The van der Waals surface area contributed by atoms with E-state index in [1.165, 1.54) is 0 Å². The number of imidazole rings is 1. The summed E-state index contributed by atoms with van der Waals surface area (Å²) in [6.45, 7) is 2.08. The molecule has 0 aliphatic heterocycles. The number of H-pyrrole nitrogens is 1. The Morgan fingerprint density at radius 2 is 2.00 bits per heavy atom. The summed E-state index contributed by atoms with van der Waals surface area (Å²) in [4.78, 5) is 15.8. The number of fused-ring (bicyclic) bond motifs is 1. The minimum atomic E-state index is -1.11. The third-order valence-corrected chi connectivity index (χ3v) is 5.48. The normalized spacial score (nSPS) is 11.3. The molecular weight excluding hydrogens is 418 g/mol. The smallest absolute Gasteiger partial charge is 0.355 e. The molecule has 0 fully saturated rings. The van der Waals surface area contributed by atoms with Crippen LogP contribution >= 0.6 is 11.6 Å². The van der Waals surface area contributed by atoms with Gasteiger partial charge in [-0.05, 0) is 42.0 Å². The van der Waals surface area contributed by atoms with Gasteiger partial charge in [0.25, 0.3) is 0 Å². The van der Waals surface area contributed by atoms with Gasteiger partial charge in [0, 0.05) is 17.1 Å². The summed E-state index contributed by atoms with van der Waals surface area (Å²) in [5.41, 5.74) is 3.65. The molecule has 0 atom stereocenters. The standard InChI is InChI=1S/C21H16ClN7O2/c1-12-23-19(22)18(21(30)31)29(12)11-13-5-4-8-16-14(13)9-10-28(16)17-7-3-2-6-15(17)20-24-26-27-25-20/h2-10H,11H2,1H3,(H,30,31)(H,24,25,26,27). The van der Waals surface area contributed by atoms with Crippen LogP contribution in [0.5, 0.6) is 0 Å². The van der Waals surface area contributed by atoms with Crippen LogP contribution in [0, 0.1) is 6.92 Å². The average Bonchev–Trinajstić information content (AvgIpc) is 3.48. The van der Waals surface area contributed by atoms with Gasteiger partial charge in [0.15, 0.2) is 10.8 Å². The number of aromatic nitrogens is 7. The second kappa shape index (κ2) is 7.37. The third kappa shape index (κ3) is 3.15. The maximum atomic E-state index is 11.7. The van der Waals surface area contributed by atoms with Crippen LogP contribution in [0.3, 0.4) is 0 Å². The van der Waals surface area contributed by atoms with Crippen LogP contribution in [0.25, 0.3) is 28.0 Å². The van der Waals surface area contributed by atoms with Crippen molar-refractivity contribution in [2.24, 2.45) is 0 Å². The molecule has 3 aromatic heterocycles. The Balaban J connectivity index is 1.64. The first-order valence-corrected chi connectivity index (χ1v) is 9.80. The van der Waals surface area contributed by atoms with Crippen molar-refractivity contribution in [2.45, 2.75) is 13.5 Å². The van der Waals surface area contributed by atoms with Crippen molar-refractivity contribution in [1.29, 1.82) is 0 Å². The number of nitrogens with one attached hydrogen (secondary N) is 1. The van der Waals surface area contributed by atoms with Gasteiger partial charge < -0.3 is 14.2 Å². The summed E-state index contributed by atoms with van der Waals surface area (Å²) in [6.07, 6.45) is 1.97. The minimum Gasteiger partial charge on any atom is -0.476 e. The summed E-state index contributed by atoms with van der Waals surface area (Å²) in [5.74, 6) is -0.0611. The number of aromatic carboxylic acids is 1. The zero-order valence-corrected chi connectivity index (χ0v) is 17.1. The summed E-state index contributed by atoms with van der Waals surface area (Å²) in [7, 11) is 0.